The van der Waals surface area contributed by atoms with Gasteiger partial charge in [-0.1, -0.05) is 0 Å². The van der Waals surface area contributed by atoms with Crippen LogP contribution in [0.3, 0.4) is 0 Å². The summed E-state index contributed by atoms with van der Waals surface area (Å²) in [7, 11) is 0. The Balaban J connectivity index is 5.02. The van der Waals surface area contributed by atoms with Crippen molar-refractivity contribution in [3.8, 4) is 0 Å². The van der Waals surface area contributed by atoms with Crippen LogP contribution in [0.2, 0.25) is 12.4 Å². The molecule has 1 heteroatoms. The standard InChI is InChI=1S/3C4H9.V/c3*1-4(2)3;/h3*1-3H3;. The third-order valence-electron chi connectivity index (χ3n) is 2.01. The van der Waals surface area contributed by atoms with E-state index in [0.29, 0.717) is 12.4 Å². The zero-order valence-corrected chi connectivity index (χ0v) is 12.3. The third-order valence-corrected chi connectivity index (χ3v) is 8.30. The summed E-state index contributed by atoms with van der Waals surface area (Å²) in [5.41, 5.74) is 0. The van der Waals surface area contributed by atoms with Gasteiger partial charge in [-0.05, 0) is 0 Å². The van der Waals surface area contributed by atoms with Crippen molar-refractivity contribution in [2.24, 2.45) is 0 Å². The predicted octanol–water partition coefficient (Wildman–Crippen LogP) is 5.26. The van der Waals surface area contributed by atoms with Crippen LogP contribution in [0.5, 0.6) is 0 Å². The molecule has 80 valence electrons. The maximum absolute atomic E-state index is 2.42. The summed E-state index contributed by atoms with van der Waals surface area (Å²) in [5.74, 6) is 0. The molecular formula is C12H27V. The second-order valence-electron chi connectivity index (χ2n) is 6.85. The number of rotatable bonds is 0. The van der Waals surface area contributed by atoms with Crippen LogP contribution in [0.1, 0.15) is 62.3 Å². The van der Waals surface area contributed by atoms with Gasteiger partial charge < -0.3 is 0 Å². The molecule has 0 atom stereocenters. The molecule has 0 aromatic heterocycles. The van der Waals surface area contributed by atoms with Crippen LogP contribution in [-0.2, 0) is 15.2 Å². The molecule has 0 aliphatic rings. The van der Waals surface area contributed by atoms with Crippen molar-refractivity contribution >= 4 is 0 Å². The molecule has 0 aromatic rings. The van der Waals surface area contributed by atoms with Gasteiger partial charge in [-0.2, -0.15) is 0 Å². The fourth-order valence-corrected chi connectivity index (χ4v) is 12.4. The molecular weight excluding hydrogens is 195 g/mol. The molecule has 0 aromatic carbocycles. The molecule has 0 fully saturated rings. The van der Waals surface area contributed by atoms with Gasteiger partial charge in [0.15, 0.2) is 0 Å². The van der Waals surface area contributed by atoms with Crippen LogP contribution in [0.15, 0.2) is 0 Å². The molecule has 0 rings (SSSR count). The quantitative estimate of drug-likeness (QED) is 0.524. The molecule has 0 saturated carbocycles. The Labute approximate surface area is 90.0 Å². The van der Waals surface area contributed by atoms with Crippen LogP contribution in [0.4, 0.5) is 0 Å². The molecule has 0 aliphatic heterocycles. The van der Waals surface area contributed by atoms with E-state index in [2.05, 4.69) is 62.3 Å². The summed E-state index contributed by atoms with van der Waals surface area (Å²) >= 11 is -0.875. The topological polar surface area (TPSA) is 0 Å². The molecule has 0 N–H and O–H groups in total. The van der Waals surface area contributed by atoms with Gasteiger partial charge >= 0.3 is 89.9 Å². The van der Waals surface area contributed by atoms with Crippen LogP contribution in [0.25, 0.3) is 0 Å². The van der Waals surface area contributed by atoms with E-state index in [1.807, 2.05) is 0 Å². The molecule has 0 saturated heterocycles. The number of hydrogen-bond acceptors (Lipinski definition) is 0. The third kappa shape index (κ3) is 4.08. The van der Waals surface area contributed by atoms with Crippen LogP contribution in [0, 0.1) is 0 Å². The molecule has 0 spiro atoms. The Bertz CT molecular complexity index is 128. The molecule has 0 heterocycles. The van der Waals surface area contributed by atoms with Crippen LogP contribution < -0.4 is 0 Å². The molecule has 0 unspecified atom stereocenters. The number of hydrogen-bond donors (Lipinski definition) is 0. The minimum absolute atomic E-state index is 0.531. The Hall–Kier alpha value is 0.584. The zero-order valence-electron chi connectivity index (χ0n) is 10.9. The zero-order chi connectivity index (χ0) is 11.1. The SMILES string of the molecule is C[C](C)(C)[V]([C](C)(C)C)[C](C)(C)C. The Morgan fingerprint density at radius 2 is 0.615 bits per heavy atom. The average Bonchev–Trinajstić information content (AvgIpc) is 1.44. The van der Waals surface area contributed by atoms with Crippen molar-refractivity contribution in [3.63, 3.8) is 0 Å². The van der Waals surface area contributed by atoms with E-state index in [4.69, 9.17) is 0 Å². The average molecular weight is 222 g/mol. The maximum atomic E-state index is 2.42. The summed E-state index contributed by atoms with van der Waals surface area (Å²) < 4.78 is 1.59. The minimum atomic E-state index is -0.875. The Morgan fingerprint density at radius 1 is 0.462 bits per heavy atom. The van der Waals surface area contributed by atoms with Crippen LogP contribution >= 0.6 is 0 Å². The molecule has 0 bridgehead atoms. The van der Waals surface area contributed by atoms with Gasteiger partial charge in [0.2, 0.25) is 0 Å². The van der Waals surface area contributed by atoms with Gasteiger partial charge in [-0.25, -0.2) is 0 Å². The normalized spacial score (nSPS) is 15.2. The fraction of sp³-hybridized carbons (Fsp3) is 1.00. The van der Waals surface area contributed by atoms with Crippen molar-refractivity contribution in [2.45, 2.75) is 74.7 Å². The second-order valence-corrected chi connectivity index (χ2v) is 14.2. The summed E-state index contributed by atoms with van der Waals surface area (Å²) in [6, 6.07) is 0. The van der Waals surface area contributed by atoms with Crippen molar-refractivity contribution in [3.05, 3.63) is 0 Å². The second kappa shape index (κ2) is 3.62. The van der Waals surface area contributed by atoms with Crippen molar-refractivity contribution in [1.82, 2.24) is 0 Å². The van der Waals surface area contributed by atoms with Gasteiger partial charge in [-0.3, -0.25) is 0 Å². The van der Waals surface area contributed by atoms with E-state index < -0.39 is 15.2 Å². The summed E-state index contributed by atoms with van der Waals surface area (Å²) in [5, 5.41) is 0. The van der Waals surface area contributed by atoms with Gasteiger partial charge in [-0.15, -0.1) is 0 Å². The first-order valence-electron chi connectivity index (χ1n) is 5.17. The first-order chi connectivity index (χ1) is 5.37. The van der Waals surface area contributed by atoms with Crippen LogP contribution in [-0.4, -0.2) is 0 Å². The summed E-state index contributed by atoms with van der Waals surface area (Å²) in [6.45, 7) is 21.8. The molecule has 0 radical (unpaired) electrons. The molecule has 0 nitrogen and oxygen atoms in total. The van der Waals surface area contributed by atoms with E-state index in [9.17, 15) is 0 Å². The summed E-state index contributed by atoms with van der Waals surface area (Å²) in [4.78, 5) is 0. The Morgan fingerprint density at radius 3 is 0.615 bits per heavy atom. The van der Waals surface area contributed by atoms with Gasteiger partial charge in [0.25, 0.3) is 0 Å². The fourth-order valence-electron chi connectivity index (χ4n) is 3.02. The predicted molar refractivity (Wildman–Crippen MR) is 59.1 cm³/mol. The van der Waals surface area contributed by atoms with Gasteiger partial charge in [0.05, 0.1) is 0 Å². The van der Waals surface area contributed by atoms with Crippen molar-refractivity contribution in [2.75, 3.05) is 0 Å². The monoisotopic (exact) mass is 222 g/mol. The first-order valence-corrected chi connectivity index (χ1v) is 7.27. The van der Waals surface area contributed by atoms with Gasteiger partial charge in [0, 0.05) is 0 Å². The van der Waals surface area contributed by atoms with E-state index in [1.165, 1.54) is 0 Å². The van der Waals surface area contributed by atoms with E-state index in [0.717, 1.165) is 0 Å². The van der Waals surface area contributed by atoms with Crippen molar-refractivity contribution in [1.29, 1.82) is 0 Å². The van der Waals surface area contributed by atoms with Gasteiger partial charge in [0.1, 0.15) is 0 Å². The van der Waals surface area contributed by atoms with Crippen molar-refractivity contribution < 1.29 is 15.2 Å². The molecule has 0 amide bonds. The van der Waals surface area contributed by atoms with E-state index in [1.54, 1.807) is 0 Å². The van der Waals surface area contributed by atoms with E-state index >= 15 is 0 Å². The Kier molecular flexibility index (Phi) is 3.79. The first kappa shape index (κ1) is 13.6. The molecule has 0 aliphatic carbocycles. The van der Waals surface area contributed by atoms with E-state index in [-0.39, 0.29) is 0 Å². The molecule has 13 heavy (non-hydrogen) atoms. The summed E-state index contributed by atoms with van der Waals surface area (Å²) in [6.07, 6.45) is 0.